The Morgan fingerprint density at radius 2 is 2.19 bits per heavy atom. The van der Waals surface area contributed by atoms with E-state index in [-0.39, 0.29) is 5.91 Å². The lowest BCUT2D eigenvalue weighted by molar-refractivity contribution is -0.122. The molecule has 1 aliphatic heterocycles. The predicted molar refractivity (Wildman–Crippen MR) is 69.9 cm³/mol. The molecule has 0 aromatic rings. The first-order valence-electron chi connectivity index (χ1n) is 5.95. The zero-order valence-electron chi connectivity index (χ0n) is 10.3. The van der Waals surface area contributed by atoms with Gasteiger partial charge in [-0.05, 0) is 12.7 Å². The normalized spacial score (nSPS) is 19.4. The van der Waals surface area contributed by atoms with Crippen molar-refractivity contribution in [3.05, 3.63) is 0 Å². The van der Waals surface area contributed by atoms with E-state index in [9.17, 15) is 4.79 Å². The second-order valence-corrected chi connectivity index (χ2v) is 5.49. The van der Waals surface area contributed by atoms with Gasteiger partial charge >= 0.3 is 0 Å². The molecule has 1 amide bonds. The first kappa shape index (κ1) is 13.8. The van der Waals surface area contributed by atoms with Crippen molar-refractivity contribution in [2.24, 2.45) is 0 Å². The van der Waals surface area contributed by atoms with Gasteiger partial charge in [-0.2, -0.15) is 11.8 Å². The smallest absolute Gasteiger partial charge is 0.234 e. The van der Waals surface area contributed by atoms with E-state index in [4.69, 9.17) is 0 Å². The van der Waals surface area contributed by atoms with Crippen LogP contribution in [0.2, 0.25) is 0 Å². The summed E-state index contributed by atoms with van der Waals surface area (Å²) in [4.78, 5) is 13.8. The summed E-state index contributed by atoms with van der Waals surface area (Å²) in [5.74, 6) is 0.162. The molecule has 1 atom stereocenters. The number of amides is 1. The molecule has 0 aromatic carbocycles. The zero-order chi connectivity index (χ0) is 11.8. The minimum Gasteiger partial charge on any atom is -0.355 e. The van der Waals surface area contributed by atoms with Gasteiger partial charge in [0, 0.05) is 38.0 Å². The third-order valence-corrected chi connectivity index (χ3v) is 3.89. The van der Waals surface area contributed by atoms with E-state index in [2.05, 4.69) is 28.7 Å². The van der Waals surface area contributed by atoms with Crippen LogP contribution in [-0.2, 0) is 4.79 Å². The topological polar surface area (TPSA) is 44.4 Å². The lowest BCUT2D eigenvalue weighted by atomic mass is 10.3. The highest BCUT2D eigenvalue weighted by atomic mass is 32.2. The molecule has 0 radical (unpaired) electrons. The molecule has 2 N–H and O–H groups in total. The molecule has 0 aliphatic carbocycles. The number of thioether (sulfide) groups is 1. The van der Waals surface area contributed by atoms with E-state index >= 15 is 0 Å². The number of hydrogen-bond donors (Lipinski definition) is 2. The number of piperazine rings is 1. The minimum absolute atomic E-state index is 0.162. The molecule has 5 heteroatoms. The minimum atomic E-state index is 0.162. The highest BCUT2D eigenvalue weighted by Gasteiger charge is 2.12. The molecule has 1 heterocycles. The summed E-state index contributed by atoms with van der Waals surface area (Å²) >= 11 is 1.84. The second-order valence-electron chi connectivity index (χ2n) is 4.21. The van der Waals surface area contributed by atoms with Crippen molar-refractivity contribution in [2.75, 3.05) is 45.5 Å². The highest BCUT2D eigenvalue weighted by molar-refractivity contribution is 7.99. The molecule has 16 heavy (non-hydrogen) atoms. The molecule has 4 nitrogen and oxygen atoms in total. The monoisotopic (exact) mass is 245 g/mol. The van der Waals surface area contributed by atoms with Gasteiger partial charge in [0.15, 0.2) is 0 Å². The standard InChI is InChI=1S/C11H23N3OS/c1-10(16-2)3-4-13-11(15)9-14-7-5-12-6-8-14/h10,12H,3-9H2,1-2H3,(H,13,15). The Hall–Kier alpha value is -0.260. The second kappa shape index (κ2) is 7.92. The highest BCUT2D eigenvalue weighted by Crippen LogP contribution is 2.07. The molecule has 0 spiro atoms. The van der Waals surface area contributed by atoms with Crippen molar-refractivity contribution in [2.45, 2.75) is 18.6 Å². The van der Waals surface area contributed by atoms with E-state index in [1.807, 2.05) is 11.8 Å². The largest absolute Gasteiger partial charge is 0.355 e. The molecular weight excluding hydrogens is 222 g/mol. The number of nitrogens with zero attached hydrogens (tertiary/aromatic N) is 1. The van der Waals surface area contributed by atoms with Gasteiger partial charge in [0.1, 0.15) is 0 Å². The third kappa shape index (κ3) is 5.72. The molecule has 0 bridgehead atoms. The summed E-state index contributed by atoms with van der Waals surface area (Å²) in [6, 6.07) is 0. The number of rotatable bonds is 6. The van der Waals surface area contributed by atoms with Gasteiger partial charge in [-0.15, -0.1) is 0 Å². The van der Waals surface area contributed by atoms with Gasteiger partial charge in [0.05, 0.1) is 6.54 Å². The quantitative estimate of drug-likeness (QED) is 0.699. The van der Waals surface area contributed by atoms with Gasteiger partial charge in [-0.3, -0.25) is 9.69 Å². The zero-order valence-corrected chi connectivity index (χ0v) is 11.1. The first-order chi connectivity index (χ1) is 7.72. The predicted octanol–water partition coefficient (Wildman–Crippen LogP) is 0.149. The first-order valence-corrected chi connectivity index (χ1v) is 7.23. The lowest BCUT2D eigenvalue weighted by Crippen LogP contribution is -2.47. The van der Waals surface area contributed by atoms with E-state index in [0.717, 1.165) is 39.1 Å². The molecule has 94 valence electrons. The number of carbonyl (C=O) groups excluding carboxylic acids is 1. The molecule has 0 saturated carbocycles. The van der Waals surface area contributed by atoms with Crippen molar-refractivity contribution in [3.63, 3.8) is 0 Å². The van der Waals surface area contributed by atoms with Crippen molar-refractivity contribution in [3.8, 4) is 0 Å². The van der Waals surface area contributed by atoms with E-state index in [1.165, 1.54) is 0 Å². The molecule has 1 fully saturated rings. The van der Waals surface area contributed by atoms with Crippen LogP contribution in [0.3, 0.4) is 0 Å². The summed E-state index contributed by atoms with van der Waals surface area (Å²) in [6.07, 6.45) is 3.15. The Balaban J connectivity index is 2.05. The fourth-order valence-corrected chi connectivity index (χ4v) is 2.01. The van der Waals surface area contributed by atoms with Crippen molar-refractivity contribution in [1.82, 2.24) is 15.5 Å². The molecule has 1 aliphatic rings. The van der Waals surface area contributed by atoms with E-state index in [1.54, 1.807) is 0 Å². The molecular formula is C11H23N3OS. The SMILES string of the molecule is CSC(C)CCNC(=O)CN1CCNCC1. The van der Waals surface area contributed by atoms with Crippen LogP contribution in [-0.4, -0.2) is 61.6 Å². The summed E-state index contributed by atoms with van der Waals surface area (Å²) in [6.45, 7) is 7.49. The third-order valence-electron chi connectivity index (χ3n) is 2.85. The molecule has 0 aromatic heterocycles. The summed E-state index contributed by atoms with van der Waals surface area (Å²) in [5, 5.41) is 6.88. The van der Waals surface area contributed by atoms with Gasteiger partial charge in [-0.1, -0.05) is 6.92 Å². The summed E-state index contributed by atoms with van der Waals surface area (Å²) in [7, 11) is 0. The van der Waals surface area contributed by atoms with Crippen LogP contribution in [0.1, 0.15) is 13.3 Å². The Labute approximate surface area is 103 Å². The van der Waals surface area contributed by atoms with Gasteiger partial charge in [0.25, 0.3) is 0 Å². The van der Waals surface area contributed by atoms with Crippen LogP contribution in [0, 0.1) is 0 Å². The van der Waals surface area contributed by atoms with Crippen LogP contribution in [0.15, 0.2) is 0 Å². The lowest BCUT2D eigenvalue weighted by Gasteiger charge is -2.26. The Kier molecular flexibility index (Phi) is 6.84. The van der Waals surface area contributed by atoms with Crippen molar-refractivity contribution >= 4 is 17.7 Å². The Morgan fingerprint density at radius 1 is 1.50 bits per heavy atom. The van der Waals surface area contributed by atoms with E-state index in [0.29, 0.717) is 11.8 Å². The number of carbonyl (C=O) groups is 1. The van der Waals surface area contributed by atoms with Crippen molar-refractivity contribution < 1.29 is 4.79 Å². The van der Waals surface area contributed by atoms with Crippen molar-refractivity contribution in [1.29, 1.82) is 0 Å². The van der Waals surface area contributed by atoms with Crippen LogP contribution in [0.25, 0.3) is 0 Å². The average Bonchev–Trinajstić information content (AvgIpc) is 2.30. The fourth-order valence-electron chi connectivity index (χ4n) is 1.66. The van der Waals surface area contributed by atoms with Gasteiger partial charge < -0.3 is 10.6 Å². The maximum atomic E-state index is 11.6. The van der Waals surface area contributed by atoms with Crippen LogP contribution in [0.5, 0.6) is 0 Å². The van der Waals surface area contributed by atoms with Gasteiger partial charge in [0.2, 0.25) is 5.91 Å². The average molecular weight is 245 g/mol. The summed E-state index contributed by atoms with van der Waals surface area (Å²) in [5.41, 5.74) is 0. The molecule has 1 saturated heterocycles. The Morgan fingerprint density at radius 3 is 2.81 bits per heavy atom. The number of hydrogen-bond acceptors (Lipinski definition) is 4. The summed E-state index contributed by atoms with van der Waals surface area (Å²) < 4.78 is 0. The van der Waals surface area contributed by atoms with Crippen LogP contribution >= 0.6 is 11.8 Å². The Bertz CT molecular complexity index is 207. The van der Waals surface area contributed by atoms with Crippen LogP contribution < -0.4 is 10.6 Å². The maximum Gasteiger partial charge on any atom is 0.234 e. The molecule has 1 unspecified atom stereocenters. The fraction of sp³-hybridized carbons (Fsp3) is 0.909. The van der Waals surface area contributed by atoms with Gasteiger partial charge in [-0.25, -0.2) is 0 Å². The maximum absolute atomic E-state index is 11.6. The number of nitrogens with one attached hydrogen (secondary N) is 2. The molecule has 1 rings (SSSR count). The van der Waals surface area contributed by atoms with E-state index < -0.39 is 0 Å². The van der Waals surface area contributed by atoms with Crippen LogP contribution in [0.4, 0.5) is 0 Å².